The van der Waals surface area contributed by atoms with Crippen molar-refractivity contribution in [2.24, 2.45) is 0 Å². The van der Waals surface area contributed by atoms with E-state index < -0.39 is 0 Å². The molecule has 4 aromatic heterocycles. The van der Waals surface area contributed by atoms with E-state index >= 15 is 0 Å². The van der Waals surface area contributed by atoms with Crippen LogP contribution in [0.1, 0.15) is 32.1 Å². The average Bonchev–Trinajstić information content (AvgIpc) is 2.87. The van der Waals surface area contributed by atoms with E-state index in [1.54, 1.807) is 49.1 Å². The zero-order chi connectivity index (χ0) is 22.2. The van der Waals surface area contributed by atoms with Gasteiger partial charge in [-0.05, 0) is 48.5 Å². The van der Waals surface area contributed by atoms with Crippen LogP contribution in [0.4, 0.5) is 0 Å². The number of nitrogens with one attached hydrogen (secondary N) is 2. The minimum absolute atomic E-state index is 0.247. The van der Waals surface area contributed by atoms with Crippen LogP contribution in [-0.2, 0) is 13.1 Å². The monoisotopic (exact) mass is 424 g/mol. The lowest BCUT2D eigenvalue weighted by Crippen LogP contribution is -2.23. The van der Waals surface area contributed by atoms with Gasteiger partial charge in [0.05, 0.1) is 35.9 Å². The second-order valence-corrected chi connectivity index (χ2v) is 6.87. The van der Waals surface area contributed by atoms with Crippen LogP contribution in [0, 0.1) is 0 Å². The van der Waals surface area contributed by atoms with Crippen LogP contribution >= 0.6 is 0 Å². The molecular weight excluding hydrogens is 404 g/mol. The van der Waals surface area contributed by atoms with Crippen LogP contribution < -0.4 is 10.6 Å². The summed E-state index contributed by atoms with van der Waals surface area (Å²) in [6.07, 6.45) is 6.44. The SMILES string of the molecule is O=C(NCc1ccccn1)c1ccnc(-c2cc(C(=O)NCc3ccccn3)ccn2)c1. The van der Waals surface area contributed by atoms with Crippen molar-refractivity contribution in [3.8, 4) is 11.4 Å². The lowest BCUT2D eigenvalue weighted by Gasteiger charge is -2.08. The Labute approximate surface area is 184 Å². The molecule has 0 saturated heterocycles. The van der Waals surface area contributed by atoms with Crippen molar-refractivity contribution in [2.45, 2.75) is 13.1 Å². The molecule has 2 amide bonds. The number of rotatable bonds is 7. The maximum atomic E-state index is 12.5. The van der Waals surface area contributed by atoms with Gasteiger partial charge < -0.3 is 10.6 Å². The van der Waals surface area contributed by atoms with Gasteiger partial charge in [0.1, 0.15) is 0 Å². The zero-order valence-corrected chi connectivity index (χ0v) is 17.1. The Hall–Kier alpha value is -4.46. The van der Waals surface area contributed by atoms with Gasteiger partial charge in [-0.15, -0.1) is 0 Å². The molecule has 158 valence electrons. The minimum atomic E-state index is -0.247. The number of carbonyl (C=O) groups is 2. The number of aromatic nitrogens is 4. The Morgan fingerprint density at radius 2 is 1.06 bits per heavy atom. The van der Waals surface area contributed by atoms with E-state index in [0.717, 1.165) is 11.4 Å². The van der Waals surface area contributed by atoms with Gasteiger partial charge in [0.2, 0.25) is 0 Å². The summed E-state index contributed by atoms with van der Waals surface area (Å²) in [7, 11) is 0. The quantitative estimate of drug-likeness (QED) is 0.472. The van der Waals surface area contributed by atoms with Crippen molar-refractivity contribution < 1.29 is 9.59 Å². The van der Waals surface area contributed by atoms with E-state index in [1.807, 2.05) is 36.4 Å². The third kappa shape index (κ3) is 5.37. The van der Waals surface area contributed by atoms with Gasteiger partial charge in [0.15, 0.2) is 0 Å². The number of nitrogens with zero attached hydrogens (tertiary/aromatic N) is 4. The first-order valence-corrected chi connectivity index (χ1v) is 9.98. The number of hydrogen-bond donors (Lipinski definition) is 2. The molecule has 32 heavy (non-hydrogen) atoms. The van der Waals surface area contributed by atoms with Crippen LogP contribution in [0.2, 0.25) is 0 Å². The zero-order valence-electron chi connectivity index (χ0n) is 17.1. The fraction of sp³-hybridized carbons (Fsp3) is 0.0833. The standard InChI is InChI=1S/C24H20N6O2/c31-23(29-15-19-5-1-3-9-25-19)17-7-11-27-21(13-17)22-14-18(8-12-28-22)24(32)30-16-20-6-2-4-10-26-20/h1-14H,15-16H2,(H,29,31)(H,30,32). The van der Waals surface area contributed by atoms with Gasteiger partial charge in [0.25, 0.3) is 11.8 Å². The number of amides is 2. The molecule has 4 aromatic rings. The summed E-state index contributed by atoms with van der Waals surface area (Å²) in [4.78, 5) is 42.1. The number of carbonyl (C=O) groups excluding carboxylic acids is 2. The van der Waals surface area contributed by atoms with Crippen LogP contribution in [0.15, 0.2) is 85.5 Å². The molecule has 0 aliphatic rings. The van der Waals surface area contributed by atoms with E-state index in [0.29, 0.717) is 35.6 Å². The Morgan fingerprint density at radius 1 is 0.594 bits per heavy atom. The van der Waals surface area contributed by atoms with Crippen LogP contribution in [-0.4, -0.2) is 31.8 Å². The smallest absolute Gasteiger partial charge is 0.251 e. The first kappa shape index (κ1) is 20.8. The molecule has 0 aromatic carbocycles. The highest BCUT2D eigenvalue weighted by molar-refractivity contribution is 5.96. The van der Waals surface area contributed by atoms with Crippen molar-refractivity contribution in [2.75, 3.05) is 0 Å². The lowest BCUT2D eigenvalue weighted by molar-refractivity contribution is 0.0942. The first-order valence-electron chi connectivity index (χ1n) is 9.98. The van der Waals surface area contributed by atoms with Gasteiger partial charge in [-0.1, -0.05) is 12.1 Å². The minimum Gasteiger partial charge on any atom is -0.346 e. The highest BCUT2D eigenvalue weighted by Gasteiger charge is 2.12. The van der Waals surface area contributed by atoms with Gasteiger partial charge in [-0.3, -0.25) is 29.5 Å². The Bertz CT molecular complexity index is 1120. The van der Waals surface area contributed by atoms with Crippen molar-refractivity contribution in [1.82, 2.24) is 30.6 Å². The molecule has 0 atom stereocenters. The second-order valence-electron chi connectivity index (χ2n) is 6.87. The van der Waals surface area contributed by atoms with Gasteiger partial charge >= 0.3 is 0 Å². The molecule has 4 heterocycles. The van der Waals surface area contributed by atoms with E-state index in [1.165, 1.54) is 0 Å². The second kappa shape index (κ2) is 10.0. The van der Waals surface area contributed by atoms with Gasteiger partial charge in [0, 0.05) is 35.9 Å². The predicted molar refractivity (Wildman–Crippen MR) is 118 cm³/mol. The van der Waals surface area contributed by atoms with Crippen molar-refractivity contribution >= 4 is 11.8 Å². The maximum Gasteiger partial charge on any atom is 0.251 e. The predicted octanol–water partition coefficient (Wildman–Crippen LogP) is 2.79. The number of pyridine rings is 4. The molecule has 0 unspecified atom stereocenters. The van der Waals surface area contributed by atoms with Crippen LogP contribution in [0.3, 0.4) is 0 Å². The van der Waals surface area contributed by atoms with E-state index in [4.69, 9.17) is 0 Å². The Balaban J connectivity index is 1.44. The van der Waals surface area contributed by atoms with Crippen molar-refractivity contribution in [3.63, 3.8) is 0 Å². The molecule has 0 fully saturated rings. The highest BCUT2D eigenvalue weighted by atomic mass is 16.2. The van der Waals surface area contributed by atoms with Crippen molar-refractivity contribution in [1.29, 1.82) is 0 Å². The van der Waals surface area contributed by atoms with Crippen LogP contribution in [0.25, 0.3) is 11.4 Å². The summed E-state index contributed by atoms with van der Waals surface area (Å²) < 4.78 is 0. The fourth-order valence-corrected chi connectivity index (χ4v) is 2.97. The van der Waals surface area contributed by atoms with E-state index in [9.17, 15) is 9.59 Å². The molecule has 2 N–H and O–H groups in total. The third-order valence-electron chi connectivity index (χ3n) is 4.62. The average molecular weight is 424 g/mol. The summed E-state index contributed by atoms with van der Waals surface area (Å²) in [6, 6.07) is 17.6. The summed E-state index contributed by atoms with van der Waals surface area (Å²) in [5, 5.41) is 5.67. The summed E-state index contributed by atoms with van der Waals surface area (Å²) >= 11 is 0. The third-order valence-corrected chi connectivity index (χ3v) is 4.62. The molecule has 0 radical (unpaired) electrons. The van der Waals surface area contributed by atoms with E-state index in [2.05, 4.69) is 30.6 Å². The molecule has 0 bridgehead atoms. The van der Waals surface area contributed by atoms with E-state index in [-0.39, 0.29) is 11.8 Å². The Kier molecular flexibility index (Phi) is 6.52. The Morgan fingerprint density at radius 3 is 1.47 bits per heavy atom. The molecule has 0 aliphatic heterocycles. The fourth-order valence-electron chi connectivity index (χ4n) is 2.97. The number of hydrogen-bond acceptors (Lipinski definition) is 6. The molecule has 0 spiro atoms. The largest absolute Gasteiger partial charge is 0.346 e. The first-order chi connectivity index (χ1) is 15.7. The molecule has 0 aliphatic carbocycles. The lowest BCUT2D eigenvalue weighted by atomic mass is 10.1. The molecule has 8 nitrogen and oxygen atoms in total. The molecule has 0 saturated carbocycles. The van der Waals surface area contributed by atoms with Crippen LogP contribution in [0.5, 0.6) is 0 Å². The summed E-state index contributed by atoms with van der Waals surface area (Å²) in [6.45, 7) is 0.642. The van der Waals surface area contributed by atoms with Crippen molar-refractivity contribution in [3.05, 3.63) is 108 Å². The highest BCUT2D eigenvalue weighted by Crippen LogP contribution is 2.17. The van der Waals surface area contributed by atoms with Gasteiger partial charge in [-0.2, -0.15) is 0 Å². The normalized spacial score (nSPS) is 10.4. The topological polar surface area (TPSA) is 110 Å². The summed E-state index contributed by atoms with van der Waals surface area (Å²) in [5.74, 6) is -0.493. The molecule has 4 rings (SSSR count). The molecule has 8 heteroatoms. The maximum absolute atomic E-state index is 12.5. The van der Waals surface area contributed by atoms with Gasteiger partial charge in [-0.25, -0.2) is 0 Å². The molecular formula is C24H20N6O2. The summed E-state index contributed by atoms with van der Waals surface area (Å²) in [5.41, 5.74) is 3.41.